The number of hydrogen-bond donors (Lipinski definition) is 2. The van der Waals surface area contributed by atoms with E-state index in [1.807, 2.05) is 30.3 Å². The molecule has 0 aliphatic heterocycles. The van der Waals surface area contributed by atoms with Gasteiger partial charge >= 0.3 is 0 Å². The van der Waals surface area contributed by atoms with Crippen molar-refractivity contribution in [3.05, 3.63) is 90.2 Å². The number of carbonyl (C=O) groups is 1. The number of carbonyl (C=O) groups excluding carboxylic acids is 1. The zero-order valence-corrected chi connectivity index (χ0v) is 16.2. The monoisotopic (exact) mass is 414 g/mol. The Kier molecular flexibility index (Phi) is 6.58. The minimum atomic E-state index is -3.90. The van der Waals surface area contributed by atoms with Crippen molar-refractivity contribution in [2.24, 2.45) is 0 Å². The first-order valence-corrected chi connectivity index (χ1v) is 10.2. The van der Waals surface area contributed by atoms with Crippen LogP contribution in [-0.4, -0.2) is 20.9 Å². The molecule has 0 radical (unpaired) electrons. The molecule has 29 heavy (non-hydrogen) atoms. The second-order valence-electron chi connectivity index (χ2n) is 6.13. The van der Waals surface area contributed by atoms with Gasteiger partial charge < -0.3 is 10.1 Å². The van der Waals surface area contributed by atoms with E-state index in [4.69, 9.17) is 4.74 Å². The summed E-state index contributed by atoms with van der Waals surface area (Å²) in [7, 11) is -3.90. The van der Waals surface area contributed by atoms with E-state index >= 15 is 0 Å². The predicted octanol–water partition coefficient (Wildman–Crippen LogP) is 3.32. The SMILES string of the molecule is O=C(CNS(=O)(=O)c1ccc(F)cc1)Nc1ccc(OCc2ccccc2)cc1. The van der Waals surface area contributed by atoms with Gasteiger partial charge in [0.15, 0.2) is 0 Å². The second-order valence-corrected chi connectivity index (χ2v) is 7.89. The van der Waals surface area contributed by atoms with Gasteiger partial charge in [0, 0.05) is 5.69 Å². The molecule has 0 unspecified atom stereocenters. The van der Waals surface area contributed by atoms with Crippen molar-refractivity contribution in [2.75, 3.05) is 11.9 Å². The smallest absolute Gasteiger partial charge is 0.241 e. The number of benzene rings is 3. The van der Waals surface area contributed by atoms with Crippen LogP contribution in [0.1, 0.15) is 5.56 Å². The van der Waals surface area contributed by atoms with E-state index in [2.05, 4.69) is 10.0 Å². The lowest BCUT2D eigenvalue weighted by atomic mass is 10.2. The second kappa shape index (κ2) is 9.31. The number of hydrogen-bond acceptors (Lipinski definition) is 4. The summed E-state index contributed by atoms with van der Waals surface area (Å²) in [5, 5.41) is 2.59. The number of rotatable bonds is 8. The number of nitrogens with one attached hydrogen (secondary N) is 2. The van der Waals surface area contributed by atoms with E-state index in [1.54, 1.807) is 24.3 Å². The average Bonchev–Trinajstić information content (AvgIpc) is 2.73. The molecule has 3 rings (SSSR count). The molecule has 0 aliphatic carbocycles. The molecule has 0 aliphatic rings. The molecule has 0 aromatic heterocycles. The van der Waals surface area contributed by atoms with Crippen molar-refractivity contribution in [3.63, 3.8) is 0 Å². The van der Waals surface area contributed by atoms with Crippen LogP contribution in [0.25, 0.3) is 0 Å². The normalized spacial score (nSPS) is 11.1. The molecule has 8 heteroatoms. The molecule has 0 bridgehead atoms. The minimum absolute atomic E-state index is 0.119. The molecule has 0 heterocycles. The summed E-state index contributed by atoms with van der Waals surface area (Å²) >= 11 is 0. The van der Waals surface area contributed by atoms with Gasteiger partial charge in [0.05, 0.1) is 11.4 Å². The molecule has 6 nitrogen and oxygen atoms in total. The summed E-state index contributed by atoms with van der Waals surface area (Å²) in [5.74, 6) is -0.435. The summed E-state index contributed by atoms with van der Waals surface area (Å²) in [6.45, 7) is -0.0241. The summed E-state index contributed by atoms with van der Waals surface area (Å²) in [5.41, 5.74) is 1.54. The fourth-order valence-electron chi connectivity index (χ4n) is 2.44. The van der Waals surface area contributed by atoms with Gasteiger partial charge in [-0.05, 0) is 54.1 Å². The molecular formula is C21H19FN2O4S. The number of sulfonamides is 1. The van der Waals surface area contributed by atoms with Gasteiger partial charge in [-0.25, -0.2) is 17.5 Å². The topological polar surface area (TPSA) is 84.5 Å². The predicted molar refractivity (Wildman–Crippen MR) is 107 cm³/mol. The molecule has 1 amide bonds. The highest BCUT2D eigenvalue weighted by Crippen LogP contribution is 2.17. The quantitative estimate of drug-likeness (QED) is 0.592. The van der Waals surface area contributed by atoms with Crippen LogP contribution in [0.2, 0.25) is 0 Å². The maximum atomic E-state index is 12.9. The van der Waals surface area contributed by atoms with Gasteiger partial charge in [-0.3, -0.25) is 4.79 Å². The van der Waals surface area contributed by atoms with E-state index in [-0.39, 0.29) is 4.90 Å². The highest BCUT2D eigenvalue weighted by atomic mass is 32.2. The molecule has 3 aromatic carbocycles. The van der Waals surface area contributed by atoms with E-state index in [0.29, 0.717) is 18.0 Å². The Labute approximate surface area is 168 Å². The molecule has 0 spiro atoms. The van der Waals surface area contributed by atoms with E-state index in [0.717, 1.165) is 29.8 Å². The Morgan fingerprint density at radius 3 is 2.21 bits per heavy atom. The Balaban J connectivity index is 1.49. The number of halogens is 1. The van der Waals surface area contributed by atoms with Crippen LogP contribution in [-0.2, 0) is 21.4 Å². The zero-order chi connectivity index (χ0) is 20.7. The van der Waals surface area contributed by atoms with Crippen LogP contribution in [0, 0.1) is 5.82 Å². The Hall–Kier alpha value is -3.23. The van der Waals surface area contributed by atoms with Gasteiger partial charge in [0.2, 0.25) is 15.9 Å². The maximum Gasteiger partial charge on any atom is 0.241 e. The van der Waals surface area contributed by atoms with Crippen molar-refractivity contribution in [1.29, 1.82) is 0 Å². The molecular weight excluding hydrogens is 395 g/mol. The first-order valence-electron chi connectivity index (χ1n) is 8.74. The van der Waals surface area contributed by atoms with Crippen LogP contribution < -0.4 is 14.8 Å². The van der Waals surface area contributed by atoms with Crippen LogP contribution in [0.5, 0.6) is 5.75 Å². The first-order chi connectivity index (χ1) is 13.9. The van der Waals surface area contributed by atoms with E-state index in [9.17, 15) is 17.6 Å². The van der Waals surface area contributed by atoms with Gasteiger partial charge in [-0.15, -0.1) is 0 Å². The van der Waals surface area contributed by atoms with Crippen molar-refractivity contribution in [1.82, 2.24) is 4.72 Å². The Morgan fingerprint density at radius 2 is 1.55 bits per heavy atom. The fraction of sp³-hybridized carbons (Fsp3) is 0.0952. The standard InChI is InChI=1S/C21H19FN2O4S/c22-17-6-12-20(13-7-17)29(26,27)23-14-21(25)24-18-8-10-19(11-9-18)28-15-16-4-2-1-3-5-16/h1-13,23H,14-15H2,(H,24,25). The van der Waals surface area contributed by atoms with Crippen molar-refractivity contribution < 1.29 is 22.3 Å². The van der Waals surface area contributed by atoms with E-state index in [1.165, 1.54) is 0 Å². The number of amides is 1. The maximum absolute atomic E-state index is 12.9. The lowest BCUT2D eigenvalue weighted by molar-refractivity contribution is -0.115. The zero-order valence-electron chi connectivity index (χ0n) is 15.3. The highest BCUT2D eigenvalue weighted by molar-refractivity contribution is 7.89. The highest BCUT2D eigenvalue weighted by Gasteiger charge is 2.15. The van der Waals surface area contributed by atoms with Gasteiger partial charge in [0.25, 0.3) is 0 Å². The molecule has 2 N–H and O–H groups in total. The molecule has 150 valence electrons. The van der Waals surface area contributed by atoms with Crippen LogP contribution in [0.15, 0.2) is 83.8 Å². The minimum Gasteiger partial charge on any atom is -0.489 e. The van der Waals surface area contributed by atoms with E-state index < -0.39 is 28.3 Å². The molecule has 0 saturated heterocycles. The van der Waals surface area contributed by atoms with Crippen LogP contribution in [0.4, 0.5) is 10.1 Å². The molecule has 0 atom stereocenters. The lowest BCUT2D eigenvalue weighted by Crippen LogP contribution is -2.32. The lowest BCUT2D eigenvalue weighted by Gasteiger charge is -2.09. The average molecular weight is 414 g/mol. The van der Waals surface area contributed by atoms with Crippen molar-refractivity contribution in [2.45, 2.75) is 11.5 Å². The summed E-state index contributed by atoms with van der Waals surface area (Å²) in [6.07, 6.45) is 0. The van der Waals surface area contributed by atoms with Crippen molar-refractivity contribution >= 4 is 21.6 Å². The van der Waals surface area contributed by atoms with Crippen LogP contribution >= 0.6 is 0 Å². The summed E-state index contributed by atoms with van der Waals surface area (Å²) in [6, 6.07) is 20.8. The Morgan fingerprint density at radius 1 is 0.897 bits per heavy atom. The third-order valence-electron chi connectivity index (χ3n) is 3.93. The third-order valence-corrected chi connectivity index (χ3v) is 5.35. The summed E-state index contributed by atoms with van der Waals surface area (Å²) in [4.78, 5) is 11.9. The van der Waals surface area contributed by atoms with Gasteiger partial charge in [-0.2, -0.15) is 0 Å². The number of ether oxygens (including phenoxy) is 1. The molecule has 3 aromatic rings. The Bertz CT molecular complexity index is 1050. The first kappa shape index (κ1) is 20.5. The summed E-state index contributed by atoms with van der Waals surface area (Å²) < 4.78 is 45.0. The molecule has 0 fully saturated rings. The molecule has 0 saturated carbocycles. The van der Waals surface area contributed by atoms with Crippen molar-refractivity contribution in [3.8, 4) is 5.75 Å². The van der Waals surface area contributed by atoms with Crippen LogP contribution in [0.3, 0.4) is 0 Å². The van der Waals surface area contributed by atoms with Gasteiger partial charge in [0.1, 0.15) is 18.2 Å². The fourth-order valence-corrected chi connectivity index (χ4v) is 3.42. The third kappa shape index (κ3) is 6.13. The largest absolute Gasteiger partial charge is 0.489 e. The number of anilines is 1. The van der Waals surface area contributed by atoms with Gasteiger partial charge in [-0.1, -0.05) is 30.3 Å².